The highest BCUT2D eigenvalue weighted by atomic mass is 16.5. The molecule has 1 amide bonds. The van der Waals surface area contributed by atoms with Crippen LogP contribution in [0, 0.1) is 0 Å². The summed E-state index contributed by atoms with van der Waals surface area (Å²) in [7, 11) is 0. The van der Waals surface area contributed by atoms with Crippen molar-refractivity contribution < 1.29 is 9.53 Å². The van der Waals surface area contributed by atoms with Gasteiger partial charge in [-0.15, -0.1) is 0 Å². The van der Waals surface area contributed by atoms with Gasteiger partial charge in [-0.3, -0.25) is 4.79 Å². The molecule has 0 bridgehead atoms. The number of hydrogen-bond acceptors (Lipinski definition) is 3. The number of nitrogens with zero attached hydrogens (tertiary/aromatic N) is 2. The molecule has 146 valence electrons. The average molecular weight is 385 g/mol. The van der Waals surface area contributed by atoms with Crippen molar-refractivity contribution in [3.8, 4) is 5.75 Å². The summed E-state index contributed by atoms with van der Waals surface area (Å²) in [4.78, 5) is 12.3. The number of ether oxygens (including phenoxy) is 1. The fourth-order valence-corrected chi connectivity index (χ4v) is 3.59. The van der Waals surface area contributed by atoms with E-state index in [-0.39, 0.29) is 5.91 Å². The van der Waals surface area contributed by atoms with Crippen LogP contribution >= 0.6 is 0 Å². The van der Waals surface area contributed by atoms with E-state index in [2.05, 4.69) is 58.4 Å². The Bertz CT molecular complexity index is 1190. The first-order valence-corrected chi connectivity index (χ1v) is 9.78. The molecule has 5 nitrogen and oxygen atoms in total. The zero-order chi connectivity index (χ0) is 20.2. The zero-order valence-corrected chi connectivity index (χ0v) is 16.6. The first-order valence-electron chi connectivity index (χ1n) is 9.78. The molecule has 0 fully saturated rings. The van der Waals surface area contributed by atoms with Crippen LogP contribution in [-0.2, 0) is 6.54 Å². The molecule has 4 aromatic rings. The number of amides is 1. The molecule has 0 aliphatic carbocycles. The summed E-state index contributed by atoms with van der Waals surface area (Å²) in [5, 5.41) is 6.53. The number of hydrogen-bond donors (Lipinski definition) is 1. The lowest BCUT2D eigenvalue weighted by molar-refractivity contribution is 0.0955. The highest BCUT2D eigenvalue weighted by Gasteiger charge is 2.09. The normalized spacial score (nSPS) is 11.4. The van der Waals surface area contributed by atoms with Gasteiger partial charge in [0, 0.05) is 33.9 Å². The molecule has 4 rings (SSSR count). The summed E-state index contributed by atoms with van der Waals surface area (Å²) in [5.74, 6) is 0.486. The van der Waals surface area contributed by atoms with Gasteiger partial charge in [0.1, 0.15) is 5.75 Å². The molecule has 29 heavy (non-hydrogen) atoms. The third kappa shape index (κ3) is 3.72. The highest BCUT2D eigenvalue weighted by molar-refractivity contribution is 6.09. The van der Waals surface area contributed by atoms with E-state index in [1.165, 1.54) is 21.8 Å². The van der Waals surface area contributed by atoms with Crippen molar-refractivity contribution in [3.05, 3.63) is 77.9 Å². The summed E-state index contributed by atoms with van der Waals surface area (Å²) >= 11 is 0. The molecule has 1 N–H and O–H groups in total. The summed E-state index contributed by atoms with van der Waals surface area (Å²) < 4.78 is 7.70. The summed E-state index contributed by atoms with van der Waals surface area (Å²) in [6.45, 7) is 5.58. The summed E-state index contributed by atoms with van der Waals surface area (Å²) in [6.07, 6.45) is 1.67. The van der Waals surface area contributed by atoms with Crippen LogP contribution in [0.5, 0.6) is 5.75 Å². The molecule has 0 saturated heterocycles. The Morgan fingerprint density at radius 3 is 2.52 bits per heavy atom. The van der Waals surface area contributed by atoms with Crippen LogP contribution in [0.15, 0.2) is 71.8 Å². The quantitative estimate of drug-likeness (QED) is 0.376. The van der Waals surface area contributed by atoms with Crippen molar-refractivity contribution >= 4 is 33.9 Å². The van der Waals surface area contributed by atoms with Gasteiger partial charge in [-0.05, 0) is 61.9 Å². The van der Waals surface area contributed by atoms with Gasteiger partial charge in [0.05, 0.1) is 12.8 Å². The zero-order valence-electron chi connectivity index (χ0n) is 16.6. The molecule has 0 aliphatic heterocycles. The number of para-hydroxylation sites is 1. The number of nitrogens with one attached hydrogen (secondary N) is 1. The van der Waals surface area contributed by atoms with Crippen molar-refractivity contribution in [3.63, 3.8) is 0 Å². The Labute approximate surface area is 169 Å². The molecule has 3 aromatic carbocycles. The van der Waals surface area contributed by atoms with Gasteiger partial charge in [-0.1, -0.05) is 24.3 Å². The minimum Gasteiger partial charge on any atom is -0.494 e. The molecule has 1 heterocycles. The van der Waals surface area contributed by atoms with Crippen molar-refractivity contribution in [1.29, 1.82) is 0 Å². The third-order valence-electron chi connectivity index (χ3n) is 4.92. The molecule has 0 atom stereocenters. The van der Waals surface area contributed by atoms with E-state index >= 15 is 0 Å². The van der Waals surface area contributed by atoms with Crippen LogP contribution in [0.1, 0.15) is 29.8 Å². The topological polar surface area (TPSA) is 55.6 Å². The van der Waals surface area contributed by atoms with E-state index in [1.54, 1.807) is 30.5 Å². The van der Waals surface area contributed by atoms with Gasteiger partial charge in [0.25, 0.3) is 5.91 Å². The maximum absolute atomic E-state index is 12.3. The van der Waals surface area contributed by atoms with Crippen LogP contribution in [0.25, 0.3) is 21.8 Å². The molecule has 0 aliphatic rings. The minimum absolute atomic E-state index is 0.257. The first kappa shape index (κ1) is 18.7. The monoisotopic (exact) mass is 385 g/mol. The SMILES string of the molecule is CCOc1ccc(C(=O)NN=Cc2ccc3c(c2)c2ccccc2n3CC)cc1. The predicted molar refractivity (Wildman–Crippen MR) is 118 cm³/mol. The van der Waals surface area contributed by atoms with Crippen LogP contribution in [0.4, 0.5) is 0 Å². The van der Waals surface area contributed by atoms with Crippen molar-refractivity contribution in [2.45, 2.75) is 20.4 Å². The van der Waals surface area contributed by atoms with Crippen LogP contribution in [-0.4, -0.2) is 23.3 Å². The molecule has 5 heteroatoms. The predicted octanol–water partition coefficient (Wildman–Crippen LogP) is 4.98. The molecule has 1 aromatic heterocycles. The van der Waals surface area contributed by atoms with Gasteiger partial charge < -0.3 is 9.30 Å². The second-order valence-electron chi connectivity index (χ2n) is 6.69. The van der Waals surface area contributed by atoms with Crippen molar-refractivity contribution in [1.82, 2.24) is 9.99 Å². The Morgan fingerprint density at radius 2 is 1.76 bits per heavy atom. The van der Waals surface area contributed by atoms with Crippen LogP contribution in [0.2, 0.25) is 0 Å². The van der Waals surface area contributed by atoms with Crippen molar-refractivity contribution in [2.75, 3.05) is 6.61 Å². The van der Waals surface area contributed by atoms with Crippen molar-refractivity contribution in [2.24, 2.45) is 5.10 Å². The van der Waals surface area contributed by atoms with Gasteiger partial charge >= 0.3 is 0 Å². The summed E-state index contributed by atoms with van der Waals surface area (Å²) in [5.41, 5.74) is 6.48. The number of hydrazone groups is 1. The van der Waals surface area contributed by atoms with Crippen LogP contribution < -0.4 is 10.2 Å². The standard InChI is InChI=1S/C24H23N3O2/c1-3-27-22-8-6-5-7-20(22)21-15-17(9-14-23(21)27)16-25-26-24(28)18-10-12-19(13-11-18)29-4-2/h5-16H,3-4H2,1-2H3,(H,26,28). The molecule has 0 unspecified atom stereocenters. The maximum atomic E-state index is 12.3. The number of aryl methyl sites for hydroxylation is 1. The Hall–Kier alpha value is -3.60. The van der Waals surface area contributed by atoms with Gasteiger partial charge in [-0.2, -0.15) is 5.10 Å². The number of aromatic nitrogens is 1. The minimum atomic E-state index is -0.257. The van der Waals surface area contributed by atoms with E-state index in [1.807, 2.05) is 13.0 Å². The molecule has 0 spiro atoms. The number of benzene rings is 3. The Balaban J connectivity index is 1.54. The van der Waals surface area contributed by atoms with Crippen LogP contribution in [0.3, 0.4) is 0 Å². The Kier molecular flexibility index (Phi) is 5.29. The number of carbonyl (C=O) groups is 1. The second-order valence-corrected chi connectivity index (χ2v) is 6.69. The molecular weight excluding hydrogens is 362 g/mol. The maximum Gasteiger partial charge on any atom is 0.271 e. The van der Waals surface area contributed by atoms with Gasteiger partial charge in [-0.25, -0.2) is 5.43 Å². The summed E-state index contributed by atoms with van der Waals surface area (Å²) in [6, 6.07) is 21.6. The van der Waals surface area contributed by atoms with E-state index < -0.39 is 0 Å². The lowest BCUT2D eigenvalue weighted by atomic mass is 10.1. The average Bonchev–Trinajstić information content (AvgIpc) is 3.07. The fourth-order valence-electron chi connectivity index (χ4n) is 3.59. The van der Waals surface area contributed by atoms with Gasteiger partial charge in [0.15, 0.2) is 0 Å². The first-order chi connectivity index (χ1) is 14.2. The van der Waals surface area contributed by atoms with E-state index in [0.29, 0.717) is 12.2 Å². The smallest absolute Gasteiger partial charge is 0.271 e. The highest BCUT2D eigenvalue weighted by Crippen LogP contribution is 2.29. The lowest BCUT2D eigenvalue weighted by Crippen LogP contribution is -2.17. The molecular formula is C24H23N3O2. The number of fused-ring (bicyclic) bond motifs is 3. The number of rotatable bonds is 6. The van der Waals surface area contributed by atoms with E-state index in [9.17, 15) is 4.79 Å². The van der Waals surface area contributed by atoms with E-state index in [4.69, 9.17) is 4.74 Å². The fraction of sp³-hybridized carbons (Fsp3) is 0.167. The molecule has 0 radical (unpaired) electrons. The Morgan fingerprint density at radius 1 is 1.00 bits per heavy atom. The third-order valence-corrected chi connectivity index (χ3v) is 4.92. The number of carbonyl (C=O) groups excluding carboxylic acids is 1. The van der Waals surface area contributed by atoms with E-state index in [0.717, 1.165) is 17.9 Å². The lowest BCUT2D eigenvalue weighted by Gasteiger charge is -2.04. The molecule has 0 saturated carbocycles. The second kappa shape index (κ2) is 8.19. The largest absolute Gasteiger partial charge is 0.494 e. The van der Waals surface area contributed by atoms with Gasteiger partial charge in [0.2, 0.25) is 0 Å².